The van der Waals surface area contributed by atoms with E-state index in [4.69, 9.17) is 0 Å². The molecule has 0 bridgehead atoms. The lowest BCUT2D eigenvalue weighted by Gasteiger charge is -2.17. The first-order valence-corrected chi connectivity index (χ1v) is 7.03. The zero-order valence-corrected chi connectivity index (χ0v) is 12.6. The number of rotatable bonds is 5. The van der Waals surface area contributed by atoms with Gasteiger partial charge in [-0.3, -0.25) is 9.69 Å². The molecule has 0 aromatic carbocycles. The molecule has 0 fully saturated rings. The Morgan fingerprint density at radius 2 is 2.14 bits per heavy atom. The summed E-state index contributed by atoms with van der Waals surface area (Å²) in [5.41, 5.74) is 1.54. The van der Waals surface area contributed by atoms with Gasteiger partial charge in [-0.25, -0.2) is 9.97 Å². The maximum absolute atomic E-state index is 12.6. The van der Waals surface area contributed by atoms with Gasteiger partial charge in [-0.2, -0.15) is 0 Å². The average Bonchev–Trinajstić information content (AvgIpc) is 2.54. The molecular formula is C16H20N4O. The van der Waals surface area contributed by atoms with E-state index < -0.39 is 0 Å². The minimum absolute atomic E-state index is 0.0926. The maximum Gasteiger partial charge on any atom is 0.259 e. The van der Waals surface area contributed by atoms with Gasteiger partial charge in [-0.05, 0) is 30.7 Å². The second-order valence-electron chi connectivity index (χ2n) is 4.78. The van der Waals surface area contributed by atoms with Crippen molar-refractivity contribution in [3.63, 3.8) is 0 Å². The van der Waals surface area contributed by atoms with Crippen LogP contribution in [0.3, 0.4) is 0 Å². The van der Waals surface area contributed by atoms with E-state index in [1.165, 1.54) is 0 Å². The molecule has 0 saturated heterocycles. The van der Waals surface area contributed by atoms with Crippen molar-refractivity contribution >= 4 is 17.5 Å². The highest BCUT2D eigenvalue weighted by atomic mass is 16.2. The molecule has 1 amide bonds. The largest absolute Gasteiger partial charge is 0.373 e. The zero-order valence-electron chi connectivity index (χ0n) is 12.6. The van der Waals surface area contributed by atoms with E-state index >= 15 is 0 Å². The summed E-state index contributed by atoms with van der Waals surface area (Å²) >= 11 is 0. The zero-order chi connectivity index (χ0) is 15.2. The van der Waals surface area contributed by atoms with E-state index in [0.717, 1.165) is 18.5 Å². The highest BCUT2D eigenvalue weighted by Gasteiger charge is 2.16. The van der Waals surface area contributed by atoms with Crippen LogP contribution in [0, 0.1) is 0 Å². The molecule has 5 nitrogen and oxygen atoms in total. The summed E-state index contributed by atoms with van der Waals surface area (Å²) in [6, 6.07) is 9.12. The second-order valence-corrected chi connectivity index (χ2v) is 4.78. The molecule has 0 saturated carbocycles. The number of nitrogens with zero attached hydrogens (tertiary/aromatic N) is 3. The van der Waals surface area contributed by atoms with Crippen LogP contribution in [-0.4, -0.2) is 30.0 Å². The van der Waals surface area contributed by atoms with Crippen molar-refractivity contribution in [3.05, 3.63) is 47.8 Å². The molecule has 0 spiro atoms. The molecule has 0 atom stereocenters. The van der Waals surface area contributed by atoms with Crippen molar-refractivity contribution in [2.24, 2.45) is 0 Å². The minimum atomic E-state index is -0.0926. The van der Waals surface area contributed by atoms with Gasteiger partial charge in [0.05, 0.1) is 0 Å². The Balaban J connectivity index is 2.31. The fourth-order valence-electron chi connectivity index (χ4n) is 2.07. The molecular weight excluding hydrogens is 264 g/mol. The smallest absolute Gasteiger partial charge is 0.259 e. The van der Waals surface area contributed by atoms with Crippen LogP contribution in [0.25, 0.3) is 0 Å². The van der Waals surface area contributed by atoms with Crippen molar-refractivity contribution < 1.29 is 4.79 Å². The summed E-state index contributed by atoms with van der Waals surface area (Å²) in [5, 5.41) is 3.00. The van der Waals surface area contributed by atoms with Crippen LogP contribution in [0.4, 0.5) is 11.6 Å². The Morgan fingerprint density at radius 1 is 1.33 bits per heavy atom. The normalized spacial score (nSPS) is 10.2. The molecule has 1 N–H and O–H groups in total. The van der Waals surface area contributed by atoms with Gasteiger partial charge < -0.3 is 5.32 Å². The monoisotopic (exact) mass is 284 g/mol. The minimum Gasteiger partial charge on any atom is -0.373 e. The summed E-state index contributed by atoms with van der Waals surface area (Å²) in [7, 11) is 3.53. The van der Waals surface area contributed by atoms with Crippen LogP contribution >= 0.6 is 0 Å². The Bertz CT molecular complexity index is 613. The molecule has 0 aliphatic heterocycles. The Hall–Kier alpha value is -2.43. The number of pyridine rings is 2. The number of aromatic nitrogens is 2. The van der Waals surface area contributed by atoms with E-state index in [2.05, 4.69) is 22.2 Å². The van der Waals surface area contributed by atoms with Gasteiger partial charge in [0.1, 0.15) is 11.6 Å². The fraction of sp³-hybridized carbons (Fsp3) is 0.312. The number of carbonyl (C=O) groups is 1. The van der Waals surface area contributed by atoms with Crippen molar-refractivity contribution in [2.45, 2.75) is 19.8 Å². The third-order valence-corrected chi connectivity index (χ3v) is 3.19. The highest BCUT2D eigenvalue weighted by Crippen LogP contribution is 2.16. The SMILES string of the molecule is CCCc1cc(C(=O)N(C)c2ccccn2)cc(NC)n1. The molecule has 0 unspecified atom stereocenters. The van der Waals surface area contributed by atoms with Crippen LogP contribution < -0.4 is 10.2 Å². The summed E-state index contributed by atoms with van der Waals surface area (Å²) in [4.78, 5) is 22.8. The molecule has 2 aromatic rings. The molecule has 21 heavy (non-hydrogen) atoms. The molecule has 0 radical (unpaired) electrons. The Labute approximate surface area is 125 Å². The number of hydrogen-bond donors (Lipinski definition) is 1. The first-order chi connectivity index (χ1) is 10.2. The third kappa shape index (κ3) is 3.56. The van der Waals surface area contributed by atoms with Crippen molar-refractivity contribution in [3.8, 4) is 0 Å². The first kappa shape index (κ1) is 15.0. The van der Waals surface area contributed by atoms with Gasteiger partial charge in [0, 0.05) is 31.5 Å². The van der Waals surface area contributed by atoms with Gasteiger partial charge in [0.2, 0.25) is 0 Å². The molecule has 5 heteroatoms. The summed E-state index contributed by atoms with van der Waals surface area (Å²) < 4.78 is 0. The molecule has 0 aliphatic rings. The average molecular weight is 284 g/mol. The molecule has 2 rings (SSSR count). The van der Waals surface area contributed by atoms with E-state index in [1.54, 1.807) is 31.3 Å². The second kappa shape index (κ2) is 6.83. The van der Waals surface area contributed by atoms with Crippen LogP contribution in [0.15, 0.2) is 36.5 Å². The first-order valence-electron chi connectivity index (χ1n) is 7.03. The van der Waals surface area contributed by atoms with Gasteiger partial charge in [0.25, 0.3) is 5.91 Å². The topological polar surface area (TPSA) is 58.1 Å². The number of anilines is 2. The number of aryl methyl sites for hydroxylation is 1. The maximum atomic E-state index is 12.6. The van der Waals surface area contributed by atoms with Crippen LogP contribution in [-0.2, 0) is 6.42 Å². The quantitative estimate of drug-likeness (QED) is 0.917. The lowest BCUT2D eigenvalue weighted by molar-refractivity contribution is 0.0992. The van der Waals surface area contributed by atoms with E-state index in [1.807, 2.05) is 24.3 Å². The predicted octanol–water partition coefficient (Wildman–Crippen LogP) is 2.75. The van der Waals surface area contributed by atoms with Gasteiger partial charge in [0.15, 0.2) is 0 Å². The lowest BCUT2D eigenvalue weighted by Crippen LogP contribution is -2.27. The number of hydrogen-bond acceptors (Lipinski definition) is 4. The molecule has 0 aliphatic carbocycles. The van der Waals surface area contributed by atoms with E-state index in [9.17, 15) is 4.79 Å². The fourth-order valence-corrected chi connectivity index (χ4v) is 2.07. The van der Waals surface area contributed by atoms with Gasteiger partial charge in [-0.15, -0.1) is 0 Å². The number of carbonyl (C=O) groups excluding carboxylic acids is 1. The van der Waals surface area contributed by atoms with Gasteiger partial charge >= 0.3 is 0 Å². The van der Waals surface area contributed by atoms with Crippen molar-refractivity contribution in [2.75, 3.05) is 24.3 Å². The summed E-state index contributed by atoms with van der Waals surface area (Å²) in [6.45, 7) is 2.09. The van der Waals surface area contributed by atoms with E-state index in [0.29, 0.717) is 17.2 Å². The number of amides is 1. The third-order valence-electron chi connectivity index (χ3n) is 3.19. The van der Waals surface area contributed by atoms with Crippen LogP contribution in [0.5, 0.6) is 0 Å². The standard InChI is InChI=1S/C16H20N4O/c1-4-7-13-10-12(11-14(17-2)19-13)16(21)20(3)15-8-5-6-9-18-15/h5-6,8-11H,4,7H2,1-3H3,(H,17,19). The Morgan fingerprint density at radius 3 is 2.76 bits per heavy atom. The lowest BCUT2D eigenvalue weighted by atomic mass is 10.1. The molecule has 2 heterocycles. The van der Waals surface area contributed by atoms with Crippen molar-refractivity contribution in [1.29, 1.82) is 0 Å². The molecule has 2 aromatic heterocycles. The van der Waals surface area contributed by atoms with Gasteiger partial charge in [-0.1, -0.05) is 19.4 Å². The van der Waals surface area contributed by atoms with Crippen LogP contribution in [0.2, 0.25) is 0 Å². The Kier molecular flexibility index (Phi) is 4.87. The van der Waals surface area contributed by atoms with Crippen LogP contribution in [0.1, 0.15) is 29.4 Å². The summed E-state index contributed by atoms with van der Waals surface area (Å²) in [6.07, 6.45) is 3.51. The number of nitrogens with one attached hydrogen (secondary N) is 1. The predicted molar refractivity (Wildman–Crippen MR) is 84.7 cm³/mol. The van der Waals surface area contributed by atoms with Crippen molar-refractivity contribution in [1.82, 2.24) is 9.97 Å². The highest BCUT2D eigenvalue weighted by molar-refractivity contribution is 6.05. The summed E-state index contributed by atoms with van der Waals surface area (Å²) in [5.74, 6) is 1.24. The van der Waals surface area contributed by atoms with E-state index in [-0.39, 0.29) is 5.91 Å². The molecule has 110 valence electrons.